The number of carbonyl (C=O) groups is 1. The fraction of sp³-hybridized carbons (Fsp3) is 0.538. The van der Waals surface area contributed by atoms with Gasteiger partial charge < -0.3 is 9.64 Å². The fourth-order valence-electron chi connectivity index (χ4n) is 2.22. The molecule has 0 unspecified atom stereocenters. The molecule has 0 bridgehead atoms. The van der Waals surface area contributed by atoms with E-state index in [1.54, 1.807) is 25.4 Å². The standard InChI is InChI=1S/C13H17ClN2O2/c1-18-9-10-3-6-16(7-4-10)13(17)12-8-11(14)2-5-15-12/h2,5,8,10H,3-4,6-7,9H2,1H3. The first-order valence-electron chi connectivity index (χ1n) is 6.10. The van der Waals surface area contributed by atoms with E-state index in [-0.39, 0.29) is 5.91 Å². The first-order chi connectivity index (χ1) is 8.70. The van der Waals surface area contributed by atoms with Gasteiger partial charge in [0.05, 0.1) is 0 Å². The second-order valence-corrected chi connectivity index (χ2v) is 4.99. The first-order valence-corrected chi connectivity index (χ1v) is 6.48. The van der Waals surface area contributed by atoms with Gasteiger partial charge in [-0.1, -0.05) is 11.6 Å². The number of aromatic nitrogens is 1. The van der Waals surface area contributed by atoms with Crippen molar-refractivity contribution in [3.05, 3.63) is 29.0 Å². The van der Waals surface area contributed by atoms with Crippen LogP contribution in [0.1, 0.15) is 23.3 Å². The van der Waals surface area contributed by atoms with Crippen molar-refractivity contribution in [1.29, 1.82) is 0 Å². The number of halogens is 1. The Kier molecular flexibility index (Phi) is 4.55. The van der Waals surface area contributed by atoms with Gasteiger partial charge in [0.1, 0.15) is 5.69 Å². The molecule has 1 amide bonds. The van der Waals surface area contributed by atoms with Crippen molar-refractivity contribution in [2.24, 2.45) is 5.92 Å². The van der Waals surface area contributed by atoms with E-state index >= 15 is 0 Å². The predicted octanol–water partition coefficient (Wildman–Crippen LogP) is 2.23. The summed E-state index contributed by atoms with van der Waals surface area (Å²) in [5.41, 5.74) is 0.424. The van der Waals surface area contributed by atoms with Crippen molar-refractivity contribution in [2.75, 3.05) is 26.8 Å². The van der Waals surface area contributed by atoms with Gasteiger partial charge in [-0.25, -0.2) is 0 Å². The fourth-order valence-corrected chi connectivity index (χ4v) is 2.38. The Hall–Kier alpha value is -1.13. The van der Waals surface area contributed by atoms with E-state index in [0.29, 0.717) is 16.6 Å². The van der Waals surface area contributed by atoms with Crippen LogP contribution in [0.15, 0.2) is 18.3 Å². The maximum Gasteiger partial charge on any atom is 0.272 e. The van der Waals surface area contributed by atoms with Gasteiger partial charge in [0.2, 0.25) is 0 Å². The van der Waals surface area contributed by atoms with Crippen LogP contribution in [0, 0.1) is 5.92 Å². The molecule has 0 aliphatic carbocycles. The van der Waals surface area contributed by atoms with Crippen molar-refractivity contribution in [2.45, 2.75) is 12.8 Å². The number of pyridine rings is 1. The normalized spacial score (nSPS) is 16.9. The highest BCUT2D eigenvalue weighted by Crippen LogP contribution is 2.19. The second kappa shape index (κ2) is 6.16. The first kappa shape index (κ1) is 13.3. The number of ether oxygens (including phenoxy) is 1. The lowest BCUT2D eigenvalue weighted by atomic mass is 9.97. The lowest BCUT2D eigenvalue weighted by Gasteiger charge is -2.31. The Morgan fingerprint density at radius 1 is 1.56 bits per heavy atom. The van der Waals surface area contributed by atoms with Crippen LogP contribution < -0.4 is 0 Å². The van der Waals surface area contributed by atoms with Crippen LogP contribution in [-0.2, 0) is 4.74 Å². The lowest BCUT2D eigenvalue weighted by Crippen LogP contribution is -2.39. The molecular weight excluding hydrogens is 252 g/mol. The number of hydrogen-bond acceptors (Lipinski definition) is 3. The van der Waals surface area contributed by atoms with Crippen molar-refractivity contribution in [1.82, 2.24) is 9.88 Å². The SMILES string of the molecule is COCC1CCN(C(=O)c2cc(Cl)ccn2)CC1. The van der Waals surface area contributed by atoms with Gasteiger partial charge in [-0.05, 0) is 30.9 Å². The van der Waals surface area contributed by atoms with Gasteiger partial charge >= 0.3 is 0 Å². The molecule has 98 valence electrons. The summed E-state index contributed by atoms with van der Waals surface area (Å²) in [6, 6.07) is 3.29. The molecule has 0 radical (unpaired) electrons. The molecule has 0 N–H and O–H groups in total. The summed E-state index contributed by atoms with van der Waals surface area (Å²) in [6.45, 7) is 2.31. The lowest BCUT2D eigenvalue weighted by molar-refractivity contribution is 0.0608. The van der Waals surface area contributed by atoms with E-state index in [4.69, 9.17) is 16.3 Å². The largest absolute Gasteiger partial charge is 0.384 e. The quantitative estimate of drug-likeness (QED) is 0.844. The van der Waals surface area contributed by atoms with E-state index in [2.05, 4.69) is 4.98 Å². The summed E-state index contributed by atoms with van der Waals surface area (Å²) in [5, 5.41) is 0.544. The molecule has 1 aliphatic heterocycles. The van der Waals surface area contributed by atoms with Gasteiger partial charge in [0.15, 0.2) is 0 Å². The maximum atomic E-state index is 12.2. The van der Waals surface area contributed by atoms with Crippen molar-refractivity contribution < 1.29 is 9.53 Å². The number of amides is 1. The summed E-state index contributed by atoms with van der Waals surface area (Å²) < 4.78 is 5.14. The number of carbonyl (C=O) groups excluding carboxylic acids is 1. The van der Waals surface area contributed by atoms with E-state index in [0.717, 1.165) is 32.5 Å². The smallest absolute Gasteiger partial charge is 0.272 e. The van der Waals surface area contributed by atoms with Crippen LogP contribution in [0.5, 0.6) is 0 Å². The number of piperidine rings is 1. The third-order valence-corrected chi connectivity index (χ3v) is 3.48. The average Bonchev–Trinajstić information content (AvgIpc) is 2.39. The summed E-state index contributed by atoms with van der Waals surface area (Å²) in [5.74, 6) is 0.528. The molecular formula is C13H17ClN2O2. The van der Waals surface area contributed by atoms with Gasteiger partial charge in [-0.3, -0.25) is 9.78 Å². The van der Waals surface area contributed by atoms with Crippen molar-refractivity contribution in [3.63, 3.8) is 0 Å². The minimum absolute atomic E-state index is 0.0339. The Morgan fingerprint density at radius 2 is 2.28 bits per heavy atom. The molecule has 1 aromatic heterocycles. The molecule has 1 aliphatic rings. The third-order valence-electron chi connectivity index (χ3n) is 3.25. The molecule has 2 heterocycles. The zero-order valence-corrected chi connectivity index (χ0v) is 11.2. The van der Waals surface area contributed by atoms with Crippen molar-refractivity contribution in [3.8, 4) is 0 Å². The van der Waals surface area contributed by atoms with Crippen LogP contribution in [-0.4, -0.2) is 42.6 Å². The molecule has 0 atom stereocenters. The zero-order chi connectivity index (χ0) is 13.0. The highest BCUT2D eigenvalue weighted by Gasteiger charge is 2.24. The highest BCUT2D eigenvalue weighted by molar-refractivity contribution is 6.30. The monoisotopic (exact) mass is 268 g/mol. The van der Waals surface area contributed by atoms with Crippen LogP contribution in [0.4, 0.5) is 0 Å². The van der Waals surface area contributed by atoms with Gasteiger partial charge in [-0.2, -0.15) is 0 Å². The average molecular weight is 269 g/mol. The minimum atomic E-state index is -0.0339. The maximum absolute atomic E-state index is 12.2. The predicted molar refractivity (Wildman–Crippen MR) is 69.8 cm³/mol. The van der Waals surface area contributed by atoms with Gasteiger partial charge in [-0.15, -0.1) is 0 Å². The zero-order valence-electron chi connectivity index (χ0n) is 10.4. The van der Waals surface area contributed by atoms with Gasteiger partial charge in [0.25, 0.3) is 5.91 Å². The number of rotatable bonds is 3. The Bertz CT molecular complexity index is 417. The van der Waals surface area contributed by atoms with Gasteiger partial charge in [0, 0.05) is 38.0 Å². The van der Waals surface area contributed by atoms with E-state index in [1.165, 1.54) is 0 Å². The number of likely N-dealkylation sites (tertiary alicyclic amines) is 1. The van der Waals surface area contributed by atoms with E-state index in [1.807, 2.05) is 4.90 Å². The highest BCUT2D eigenvalue weighted by atomic mass is 35.5. The minimum Gasteiger partial charge on any atom is -0.384 e. The van der Waals surface area contributed by atoms with Crippen LogP contribution in [0.2, 0.25) is 5.02 Å². The summed E-state index contributed by atoms with van der Waals surface area (Å²) in [4.78, 5) is 18.1. The Labute approximate surface area is 112 Å². The second-order valence-electron chi connectivity index (χ2n) is 4.55. The Morgan fingerprint density at radius 3 is 2.89 bits per heavy atom. The van der Waals surface area contributed by atoms with Crippen LogP contribution >= 0.6 is 11.6 Å². The molecule has 1 aromatic rings. The molecule has 1 saturated heterocycles. The molecule has 0 saturated carbocycles. The number of hydrogen-bond donors (Lipinski definition) is 0. The summed E-state index contributed by atoms with van der Waals surface area (Å²) in [7, 11) is 1.72. The summed E-state index contributed by atoms with van der Waals surface area (Å²) >= 11 is 5.86. The molecule has 18 heavy (non-hydrogen) atoms. The molecule has 2 rings (SSSR count). The van der Waals surface area contributed by atoms with Crippen LogP contribution in [0.3, 0.4) is 0 Å². The topological polar surface area (TPSA) is 42.4 Å². The van der Waals surface area contributed by atoms with Crippen molar-refractivity contribution >= 4 is 17.5 Å². The third kappa shape index (κ3) is 3.21. The number of methoxy groups -OCH3 is 1. The molecule has 0 spiro atoms. The van der Waals surface area contributed by atoms with E-state index < -0.39 is 0 Å². The van der Waals surface area contributed by atoms with Crippen LogP contribution in [0.25, 0.3) is 0 Å². The Balaban J connectivity index is 1.95. The number of nitrogens with zero attached hydrogens (tertiary/aromatic N) is 2. The molecule has 0 aromatic carbocycles. The van der Waals surface area contributed by atoms with E-state index in [9.17, 15) is 4.79 Å². The molecule has 1 fully saturated rings. The molecule has 5 heteroatoms. The molecule has 4 nitrogen and oxygen atoms in total. The summed E-state index contributed by atoms with van der Waals surface area (Å²) in [6.07, 6.45) is 3.54.